The molecule has 0 radical (unpaired) electrons. The zero-order valence-electron chi connectivity index (χ0n) is 9.44. The molecule has 0 aliphatic rings. The lowest BCUT2D eigenvalue weighted by atomic mass is 10.2. The van der Waals surface area contributed by atoms with Crippen molar-refractivity contribution in [3.63, 3.8) is 0 Å². The van der Waals surface area contributed by atoms with E-state index in [9.17, 15) is 4.79 Å². The van der Waals surface area contributed by atoms with E-state index in [1.807, 2.05) is 30.3 Å². The largest absolute Gasteiger partial charge is 0.460 e. The molecule has 0 heterocycles. The van der Waals surface area contributed by atoms with Gasteiger partial charge in [-0.15, -0.1) is 0 Å². The summed E-state index contributed by atoms with van der Waals surface area (Å²) in [6.45, 7) is 1.78. The summed E-state index contributed by atoms with van der Waals surface area (Å²) in [4.78, 5) is 11.3. The van der Waals surface area contributed by atoms with Gasteiger partial charge in [-0.3, -0.25) is 4.79 Å². The lowest BCUT2D eigenvalue weighted by Gasteiger charge is -2.05. The molecular weight excluding hydrogens is 206 g/mol. The smallest absolute Gasteiger partial charge is 0.320 e. The monoisotopic (exact) mass is 223 g/mol. The summed E-state index contributed by atoms with van der Waals surface area (Å²) in [5.41, 5.74) is 0.993. The minimum Gasteiger partial charge on any atom is -0.460 e. The Bertz CT molecular complexity index is 300. The number of carbonyl (C=O) groups excluding carboxylic acids is 1. The van der Waals surface area contributed by atoms with Crippen molar-refractivity contribution in [3.8, 4) is 0 Å². The first kappa shape index (κ1) is 12.7. The number of rotatable bonds is 7. The van der Waals surface area contributed by atoms with Crippen LogP contribution in [0.15, 0.2) is 30.3 Å². The fourth-order valence-corrected chi connectivity index (χ4v) is 1.15. The highest BCUT2D eigenvalue weighted by molar-refractivity contribution is 5.71. The molecule has 0 saturated carbocycles. The summed E-state index contributed by atoms with van der Waals surface area (Å²) in [5.74, 6) is -0.250. The van der Waals surface area contributed by atoms with Crippen molar-refractivity contribution < 1.29 is 14.3 Å². The van der Waals surface area contributed by atoms with Crippen molar-refractivity contribution in [1.29, 1.82) is 0 Å². The van der Waals surface area contributed by atoms with E-state index < -0.39 is 0 Å². The predicted octanol–water partition coefficient (Wildman–Crippen LogP) is 0.966. The Labute approximate surface area is 95.6 Å². The molecule has 1 aromatic rings. The van der Waals surface area contributed by atoms with Crippen LogP contribution >= 0.6 is 0 Å². The Hall–Kier alpha value is -1.39. The number of nitrogens with one attached hydrogen (secondary N) is 1. The predicted molar refractivity (Wildman–Crippen MR) is 61.0 cm³/mol. The Balaban J connectivity index is 2.11. The van der Waals surface area contributed by atoms with Crippen LogP contribution in [0.1, 0.15) is 5.56 Å². The number of hydrogen-bond acceptors (Lipinski definition) is 4. The van der Waals surface area contributed by atoms with Gasteiger partial charge in [0.1, 0.15) is 6.61 Å². The Morgan fingerprint density at radius 2 is 2.06 bits per heavy atom. The molecular formula is C12H17NO3. The van der Waals surface area contributed by atoms with Crippen LogP contribution in [0.25, 0.3) is 0 Å². The van der Waals surface area contributed by atoms with Gasteiger partial charge in [0.2, 0.25) is 0 Å². The normalized spacial score (nSPS) is 10.1. The Kier molecular flexibility index (Phi) is 6.22. The van der Waals surface area contributed by atoms with Crippen LogP contribution < -0.4 is 5.32 Å². The SMILES string of the molecule is COCCNCC(=O)OCc1ccccc1. The molecule has 1 aromatic carbocycles. The first-order chi connectivity index (χ1) is 7.83. The number of benzene rings is 1. The second-order valence-electron chi connectivity index (χ2n) is 3.32. The first-order valence-electron chi connectivity index (χ1n) is 5.22. The van der Waals surface area contributed by atoms with Gasteiger partial charge < -0.3 is 14.8 Å². The zero-order chi connectivity index (χ0) is 11.6. The third-order valence-corrected chi connectivity index (χ3v) is 1.99. The molecule has 4 nitrogen and oxygen atoms in total. The van der Waals surface area contributed by atoms with E-state index in [1.165, 1.54) is 0 Å². The van der Waals surface area contributed by atoms with Gasteiger partial charge in [-0.05, 0) is 5.56 Å². The third kappa shape index (κ3) is 5.48. The summed E-state index contributed by atoms with van der Waals surface area (Å²) in [6, 6.07) is 9.61. The van der Waals surface area contributed by atoms with E-state index in [0.717, 1.165) is 5.56 Å². The summed E-state index contributed by atoms with van der Waals surface area (Å²) >= 11 is 0. The van der Waals surface area contributed by atoms with Crippen LogP contribution in [-0.2, 0) is 20.9 Å². The van der Waals surface area contributed by atoms with Crippen molar-refractivity contribution in [2.24, 2.45) is 0 Å². The second-order valence-corrected chi connectivity index (χ2v) is 3.32. The average molecular weight is 223 g/mol. The molecule has 0 bridgehead atoms. The molecule has 0 aliphatic carbocycles. The van der Waals surface area contributed by atoms with Gasteiger partial charge in [0.05, 0.1) is 13.2 Å². The van der Waals surface area contributed by atoms with Gasteiger partial charge in [0.25, 0.3) is 0 Å². The highest BCUT2D eigenvalue weighted by Crippen LogP contribution is 2.00. The van der Waals surface area contributed by atoms with E-state index in [2.05, 4.69) is 5.32 Å². The minimum atomic E-state index is -0.250. The molecule has 0 unspecified atom stereocenters. The van der Waals surface area contributed by atoms with Gasteiger partial charge in [0.15, 0.2) is 0 Å². The number of hydrogen-bond donors (Lipinski definition) is 1. The Morgan fingerprint density at radius 3 is 2.75 bits per heavy atom. The van der Waals surface area contributed by atoms with Gasteiger partial charge in [-0.25, -0.2) is 0 Å². The highest BCUT2D eigenvalue weighted by Gasteiger charge is 2.01. The maximum atomic E-state index is 11.3. The van der Waals surface area contributed by atoms with Crippen LogP contribution in [0, 0.1) is 0 Å². The fourth-order valence-electron chi connectivity index (χ4n) is 1.15. The highest BCUT2D eigenvalue weighted by atomic mass is 16.5. The molecule has 88 valence electrons. The van der Waals surface area contributed by atoms with Gasteiger partial charge in [0, 0.05) is 13.7 Å². The van der Waals surface area contributed by atoms with E-state index >= 15 is 0 Å². The molecule has 0 atom stereocenters. The number of carbonyl (C=O) groups is 1. The second kappa shape index (κ2) is 7.84. The topological polar surface area (TPSA) is 47.6 Å². The summed E-state index contributed by atoms with van der Waals surface area (Å²) in [5, 5.41) is 2.92. The van der Waals surface area contributed by atoms with Crippen molar-refractivity contribution >= 4 is 5.97 Å². The lowest BCUT2D eigenvalue weighted by Crippen LogP contribution is -2.27. The molecule has 1 N–H and O–H groups in total. The average Bonchev–Trinajstić information content (AvgIpc) is 2.33. The van der Waals surface area contributed by atoms with Crippen molar-refractivity contribution in [2.75, 3.05) is 26.8 Å². The zero-order valence-corrected chi connectivity index (χ0v) is 9.44. The van der Waals surface area contributed by atoms with E-state index in [-0.39, 0.29) is 12.5 Å². The standard InChI is InChI=1S/C12H17NO3/c1-15-8-7-13-9-12(14)16-10-11-5-3-2-4-6-11/h2-6,13H,7-10H2,1H3. The quantitative estimate of drug-likeness (QED) is 0.552. The maximum absolute atomic E-state index is 11.3. The molecule has 1 rings (SSSR count). The third-order valence-electron chi connectivity index (χ3n) is 1.99. The molecule has 0 aliphatic heterocycles. The van der Waals surface area contributed by atoms with Crippen molar-refractivity contribution in [3.05, 3.63) is 35.9 Å². The van der Waals surface area contributed by atoms with E-state index in [0.29, 0.717) is 19.8 Å². The molecule has 0 saturated heterocycles. The summed E-state index contributed by atoms with van der Waals surface area (Å²) in [7, 11) is 1.62. The molecule has 0 fully saturated rings. The first-order valence-corrected chi connectivity index (χ1v) is 5.22. The molecule has 16 heavy (non-hydrogen) atoms. The van der Waals surface area contributed by atoms with Gasteiger partial charge in [-0.1, -0.05) is 30.3 Å². The number of esters is 1. The summed E-state index contributed by atoms with van der Waals surface area (Å²) < 4.78 is 9.90. The van der Waals surface area contributed by atoms with Gasteiger partial charge >= 0.3 is 5.97 Å². The Morgan fingerprint density at radius 1 is 1.31 bits per heavy atom. The lowest BCUT2D eigenvalue weighted by molar-refractivity contribution is -0.143. The van der Waals surface area contributed by atoms with Crippen LogP contribution in [0.3, 0.4) is 0 Å². The minimum absolute atomic E-state index is 0.218. The van der Waals surface area contributed by atoms with Crippen LogP contribution in [0.5, 0.6) is 0 Å². The molecule has 0 aromatic heterocycles. The van der Waals surface area contributed by atoms with Gasteiger partial charge in [-0.2, -0.15) is 0 Å². The maximum Gasteiger partial charge on any atom is 0.320 e. The molecule has 0 amide bonds. The van der Waals surface area contributed by atoms with E-state index in [1.54, 1.807) is 7.11 Å². The van der Waals surface area contributed by atoms with Crippen LogP contribution in [-0.4, -0.2) is 32.8 Å². The van der Waals surface area contributed by atoms with Crippen LogP contribution in [0.2, 0.25) is 0 Å². The van der Waals surface area contributed by atoms with Crippen molar-refractivity contribution in [1.82, 2.24) is 5.32 Å². The molecule has 0 spiro atoms. The van der Waals surface area contributed by atoms with E-state index in [4.69, 9.17) is 9.47 Å². The van der Waals surface area contributed by atoms with Crippen LogP contribution in [0.4, 0.5) is 0 Å². The number of ether oxygens (including phenoxy) is 2. The fraction of sp³-hybridized carbons (Fsp3) is 0.417. The molecule has 4 heteroatoms. The van der Waals surface area contributed by atoms with Crippen molar-refractivity contribution in [2.45, 2.75) is 6.61 Å². The number of methoxy groups -OCH3 is 1. The summed E-state index contributed by atoms with van der Waals surface area (Å²) in [6.07, 6.45) is 0.